The van der Waals surface area contributed by atoms with Crippen LogP contribution in [0.1, 0.15) is 34.9 Å². The lowest BCUT2D eigenvalue weighted by molar-refractivity contribution is 0.426. The lowest BCUT2D eigenvalue weighted by atomic mass is 9.94. The Morgan fingerprint density at radius 1 is 0.929 bits per heavy atom. The first-order valence-electron chi connectivity index (χ1n) is 9.42. The predicted octanol–water partition coefficient (Wildman–Crippen LogP) is 5.97. The molecule has 0 aliphatic carbocycles. The molecule has 2 aromatic carbocycles. The lowest BCUT2D eigenvalue weighted by Crippen LogP contribution is -2.10. The third-order valence-electron chi connectivity index (χ3n) is 4.76. The molecular weight excluding hydrogens is 368 g/mol. The van der Waals surface area contributed by atoms with Crippen LogP contribution in [0.3, 0.4) is 0 Å². The average molecular weight is 395 g/mol. The van der Waals surface area contributed by atoms with Gasteiger partial charge >= 0.3 is 5.63 Å². The van der Waals surface area contributed by atoms with Gasteiger partial charge in [0.25, 0.3) is 0 Å². The zero-order valence-electron chi connectivity index (χ0n) is 17.0. The standard InChI is InChI=1S/C24H26O3S/c1-14-6-8-20(9-7-14)28-18(5)12-19-13-21(25)23(24(26)27-19)22-16(3)10-15(2)11-17(22)4/h6-11,13,18,25H,12H2,1-5H3. The fourth-order valence-electron chi connectivity index (χ4n) is 3.61. The van der Waals surface area contributed by atoms with E-state index < -0.39 is 5.63 Å². The van der Waals surface area contributed by atoms with E-state index in [1.165, 1.54) is 10.5 Å². The molecule has 1 atom stereocenters. The Kier molecular flexibility index (Phi) is 5.99. The Bertz CT molecular complexity index is 1030. The molecule has 146 valence electrons. The quantitative estimate of drug-likeness (QED) is 0.542. The van der Waals surface area contributed by atoms with E-state index in [0.29, 0.717) is 12.2 Å². The molecule has 0 saturated heterocycles. The summed E-state index contributed by atoms with van der Waals surface area (Å²) in [4.78, 5) is 13.9. The number of hydrogen-bond acceptors (Lipinski definition) is 4. The average Bonchev–Trinajstić information content (AvgIpc) is 2.58. The first-order valence-corrected chi connectivity index (χ1v) is 10.3. The molecule has 3 aromatic rings. The fraction of sp³-hybridized carbons (Fsp3) is 0.292. The van der Waals surface area contributed by atoms with Crippen LogP contribution in [-0.4, -0.2) is 10.4 Å². The normalized spacial score (nSPS) is 12.2. The SMILES string of the molecule is Cc1ccc(SC(C)Cc2cc(O)c(-c3c(C)cc(C)cc3C)c(=O)o2)cc1. The summed E-state index contributed by atoms with van der Waals surface area (Å²) in [5.41, 5.74) is 4.78. The van der Waals surface area contributed by atoms with E-state index in [1.54, 1.807) is 17.8 Å². The zero-order chi connectivity index (χ0) is 20.4. The molecular formula is C24H26O3S. The van der Waals surface area contributed by atoms with Crippen LogP contribution in [0.5, 0.6) is 5.75 Å². The van der Waals surface area contributed by atoms with E-state index in [0.717, 1.165) is 22.3 Å². The molecule has 3 nitrogen and oxygen atoms in total. The van der Waals surface area contributed by atoms with Crippen LogP contribution in [-0.2, 0) is 6.42 Å². The number of aromatic hydroxyl groups is 1. The van der Waals surface area contributed by atoms with Crippen LogP contribution in [0.2, 0.25) is 0 Å². The van der Waals surface area contributed by atoms with Gasteiger partial charge in [-0.3, -0.25) is 0 Å². The summed E-state index contributed by atoms with van der Waals surface area (Å²) in [6.45, 7) is 10.1. The van der Waals surface area contributed by atoms with E-state index in [-0.39, 0.29) is 16.6 Å². The van der Waals surface area contributed by atoms with Crippen molar-refractivity contribution in [2.45, 2.75) is 51.2 Å². The van der Waals surface area contributed by atoms with Gasteiger partial charge < -0.3 is 9.52 Å². The van der Waals surface area contributed by atoms with Crippen molar-refractivity contribution in [2.75, 3.05) is 0 Å². The van der Waals surface area contributed by atoms with E-state index in [2.05, 4.69) is 38.1 Å². The van der Waals surface area contributed by atoms with Gasteiger partial charge in [0.2, 0.25) is 0 Å². The Labute approximate surface area is 170 Å². The van der Waals surface area contributed by atoms with E-state index in [9.17, 15) is 9.90 Å². The second kappa shape index (κ2) is 8.27. The Morgan fingerprint density at radius 2 is 1.54 bits per heavy atom. The maximum absolute atomic E-state index is 12.7. The highest BCUT2D eigenvalue weighted by Crippen LogP contribution is 2.33. The number of rotatable bonds is 5. The Morgan fingerprint density at radius 3 is 2.11 bits per heavy atom. The lowest BCUT2D eigenvalue weighted by Gasteiger charge is -2.14. The summed E-state index contributed by atoms with van der Waals surface area (Å²) >= 11 is 1.72. The van der Waals surface area contributed by atoms with Crippen molar-refractivity contribution < 1.29 is 9.52 Å². The van der Waals surface area contributed by atoms with Gasteiger partial charge in [0, 0.05) is 22.6 Å². The molecule has 0 spiro atoms. The number of aryl methyl sites for hydroxylation is 4. The Hall–Kier alpha value is -2.46. The van der Waals surface area contributed by atoms with Crippen molar-refractivity contribution in [3.8, 4) is 16.9 Å². The number of thioether (sulfide) groups is 1. The molecule has 1 heterocycles. The summed E-state index contributed by atoms with van der Waals surface area (Å²) in [6.07, 6.45) is 0.563. The fourth-order valence-corrected chi connectivity index (χ4v) is 4.61. The molecule has 0 fully saturated rings. The molecule has 1 N–H and O–H groups in total. The van der Waals surface area contributed by atoms with Crippen molar-refractivity contribution >= 4 is 11.8 Å². The van der Waals surface area contributed by atoms with Crippen LogP contribution in [0, 0.1) is 27.7 Å². The zero-order valence-corrected chi connectivity index (χ0v) is 17.8. The van der Waals surface area contributed by atoms with Crippen LogP contribution >= 0.6 is 11.8 Å². The van der Waals surface area contributed by atoms with Crippen molar-refractivity contribution in [3.63, 3.8) is 0 Å². The molecule has 1 aromatic heterocycles. The summed E-state index contributed by atoms with van der Waals surface area (Å²) in [5.74, 6) is 0.481. The largest absolute Gasteiger partial charge is 0.507 e. The summed E-state index contributed by atoms with van der Waals surface area (Å²) in [6, 6.07) is 14.0. The van der Waals surface area contributed by atoms with Gasteiger partial charge in [-0.15, -0.1) is 11.8 Å². The second-order valence-corrected chi connectivity index (χ2v) is 8.99. The number of hydrogen-bond donors (Lipinski definition) is 1. The molecule has 28 heavy (non-hydrogen) atoms. The highest BCUT2D eigenvalue weighted by molar-refractivity contribution is 7.99. The molecule has 1 unspecified atom stereocenters. The van der Waals surface area contributed by atoms with E-state index >= 15 is 0 Å². The van der Waals surface area contributed by atoms with Gasteiger partial charge in [-0.25, -0.2) is 4.79 Å². The van der Waals surface area contributed by atoms with Crippen molar-refractivity contribution in [3.05, 3.63) is 80.9 Å². The van der Waals surface area contributed by atoms with Crippen molar-refractivity contribution in [1.82, 2.24) is 0 Å². The van der Waals surface area contributed by atoms with E-state index in [4.69, 9.17) is 4.42 Å². The molecule has 4 heteroatoms. The molecule has 0 saturated carbocycles. The molecule has 0 aliphatic heterocycles. The monoisotopic (exact) mass is 394 g/mol. The predicted molar refractivity (Wildman–Crippen MR) is 116 cm³/mol. The van der Waals surface area contributed by atoms with Crippen molar-refractivity contribution in [1.29, 1.82) is 0 Å². The first kappa shape index (κ1) is 20.3. The van der Waals surface area contributed by atoms with Gasteiger partial charge in [-0.1, -0.05) is 42.3 Å². The minimum absolute atomic E-state index is 0.0196. The van der Waals surface area contributed by atoms with Crippen molar-refractivity contribution in [2.24, 2.45) is 0 Å². The molecule has 3 rings (SSSR count). The highest BCUT2D eigenvalue weighted by Gasteiger charge is 2.19. The maximum atomic E-state index is 12.7. The van der Waals surface area contributed by atoms with Gasteiger partial charge in [0.05, 0.1) is 0 Å². The molecule has 0 amide bonds. The van der Waals surface area contributed by atoms with Gasteiger partial charge in [-0.05, 0) is 56.5 Å². The smallest absolute Gasteiger partial charge is 0.347 e. The summed E-state index contributed by atoms with van der Waals surface area (Å²) in [7, 11) is 0. The van der Waals surface area contributed by atoms with Crippen LogP contribution in [0.15, 0.2) is 56.6 Å². The summed E-state index contributed by atoms with van der Waals surface area (Å²) in [5, 5.41) is 10.8. The van der Waals surface area contributed by atoms with Gasteiger partial charge in [-0.2, -0.15) is 0 Å². The summed E-state index contributed by atoms with van der Waals surface area (Å²) < 4.78 is 5.58. The molecule has 0 bridgehead atoms. The topological polar surface area (TPSA) is 50.4 Å². The second-order valence-electron chi connectivity index (χ2n) is 7.48. The van der Waals surface area contributed by atoms with Gasteiger partial charge in [0.15, 0.2) is 0 Å². The number of benzene rings is 2. The minimum Gasteiger partial charge on any atom is -0.507 e. The van der Waals surface area contributed by atoms with Gasteiger partial charge in [0.1, 0.15) is 17.1 Å². The minimum atomic E-state index is -0.488. The van der Waals surface area contributed by atoms with Crippen LogP contribution in [0.25, 0.3) is 11.1 Å². The van der Waals surface area contributed by atoms with Crippen LogP contribution < -0.4 is 5.63 Å². The highest BCUT2D eigenvalue weighted by atomic mass is 32.2. The van der Waals surface area contributed by atoms with E-state index in [1.807, 2.05) is 32.9 Å². The molecule has 0 radical (unpaired) electrons. The Balaban J connectivity index is 1.86. The third kappa shape index (κ3) is 4.50. The first-order chi connectivity index (χ1) is 13.2. The molecule has 0 aliphatic rings. The van der Waals surface area contributed by atoms with Crippen LogP contribution in [0.4, 0.5) is 0 Å². The maximum Gasteiger partial charge on any atom is 0.347 e. The third-order valence-corrected chi connectivity index (χ3v) is 5.87.